The van der Waals surface area contributed by atoms with E-state index in [-0.39, 0.29) is 5.56 Å². The van der Waals surface area contributed by atoms with E-state index in [1.165, 1.54) is 0 Å². The van der Waals surface area contributed by atoms with Crippen LogP contribution in [-0.2, 0) is 6.54 Å². The molecule has 2 N–H and O–H groups in total. The van der Waals surface area contributed by atoms with Gasteiger partial charge in [0.2, 0.25) is 5.88 Å². The van der Waals surface area contributed by atoms with Crippen LogP contribution in [0, 0.1) is 0 Å². The molecule has 0 fully saturated rings. The Morgan fingerprint density at radius 1 is 1.39 bits per heavy atom. The lowest BCUT2D eigenvalue weighted by Gasteiger charge is -2.06. The van der Waals surface area contributed by atoms with Gasteiger partial charge < -0.3 is 10.5 Å². The first-order valence-electron chi connectivity index (χ1n) is 6.65. The second kappa shape index (κ2) is 6.17. The van der Waals surface area contributed by atoms with E-state index in [9.17, 15) is 4.79 Å². The Kier molecular flexibility index (Phi) is 4.23. The summed E-state index contributed by atoms with van der Waals surface area (Å²) in [6.07, 6.45) is 0. The van der Waals surface area contributed by atoms with Crippen LogP contribution in [0.1, 0.15) is 16.1 Å². The first-order chi connectivity index (χ1) is 11.0. The van der Waals surface area contributed by atoms with Gasteiger partial charge in [-0.2, -0.15) is 5.10 Å². The van der Waals surface area contributed by atoms with Crippen LogP contribution in [0.15, 0.2) is 34.9 Å². The van der Waals surface area contributed by atoms with Gasteiger partial charge in [-0.15, -0.1) is 0 Å². The van der Waals surface area contributed by atoms with E-state index in [0.717, 1.165) is 11.2 Å². The molecule has 0 radical (unpaired) electrons. The number of halogens is 2. The number of pyridine rings is 1. The highest BCUT2D eigenvalue weighted by atomic mass is 79.9. The first-order valence-corrected chi connectivity index (χ1v) is 7.82. The lowest BCUT2D eigenvalue weighted by atomic mass is 10.1. The van der Waals surface area contributed by atoms with E-state index >= 15 is 0 Å². The van der Waals surface area contributed by atoms with E-state index in [4.69, 9.17) is 22.1 Å². The SMILES string of the molecule is COc1cccc(Cn2nc(Br)c3c(C(N)=O)c(Cl)ccc32)n1. The zero-order valence-corrected chi connectivity index (χ0v) is 14.4. The molecule has 118 valence electrons. The fourth-order valence-corrected chi connectivity index (χ4v) is 3.22. The summed E-state index contributed by atoms with van der Waals surface area (Å²) < 4.78 is 7.36. The van der Waals surface area contributed by atoms with E-state index in [1.54, 1.807) is 30.0 Å². The van der Waals surface area contributed by atoms with E-state index in [2.05, 4.69) is 26.0 Å². The van der Waals surface area contributed by atoms with E-state index in [1.807, 2.05) is 12.1 Å². The molecule has 1 amide bonds. The lowest BCUT2D eigenvalue weighted by molar-refractivity contribution is 0.100. The molecule has 0 atom stereocenters. The Morgan fingerprint density at radius 3 is 2.87 bits per heavy atom. The normalized spacial score (nSPS) is 10.9. The van der Waals surface area contributed by atoms with Crippen molar-refractivity contribution in [1.82, 2.24) is 14.8 Å². The van der Waals surface area contributed by atoms with Crippen LogP contribution in [-0.4, -0.2) is 27.8 Å². The number of carbonyl (C=O) groups excluding carboxylic acids is 1. The Balaban J connectivity index is 2.12. The maximum absolute atomic E-state index is 11.7. The lowest BCUT2D eigenvalue weighted by Crippen LogP contribution is -2.12. The maximum Gasteiger partial charge on any atom is 0.251 e. The van der Waals surface area contributed by atoms with Gasteiger partial charge in [0.25, 0.3) is 5.91 Å². The first kappa shape index (κ1) is 15.8. The third kappa shape index (κ3) is 2.89. The van der Waals surface area contributed by atoms with Crippen molar-refractivity contribution in [3.8, 4) is 5.88 Å². The molecule has 0 aliphatic carbocycles. The highest BCUT2D eigenvalue weighted by Crippen LogP contribution is 2.31. The highest BCUT2D eigenvalue weighted by molar-refractivity contribution is 9.10. The van der Waals surface area contributed by atoms with Gasteiger partial charge in [0.1, 0.15) is 4.60 Å². The van der Waals surface area contributed by atoms with Crippen LogP contribution < -0.4 is 10.5 Å². The summed E-state index contributed by atoms with van der Waals surface area (Å²) in [5, 5.41) is 5.30. The van der Waals surface area contributed by atoms with Gasteiger partial charge in [-0.3, -0.25) is 9.48 Å². The van der Waals surface area contributed by atoms with Crippen molar-refractivity contribution < 1.29 is 9.53 Å². The van der Waals surface area contributed by atoms with Crippen molar-refractivity contribution in [2.75, 3.05) is 7.11 Å². The summed E-state index contributed by atoms with van der Waals surface area (Å²) in [5.41, 5.74) is 7.20. The Bertz CT molecular complexity index is 910. The molecule has 0 aliphatic heterocycles. The standard InChI is InChI=1S/C15H12BrClN4O2/c1-23-11-4-2-3-8(19-11)7-21-10-6-5-9(17)12(15(18)22)13(10)14(16)20-21/h2-6H,7H2,1H3,(H2,18,22). The minimum absolute atomic E-state index is 0.251. The Labute approximate surface area is 145 Å². The average molecular weight is 396 g/mol. The topological polar surface area (TPSA) is 83.0 Å². The van der Waals surface area contributed by atoms with Gasteiger partial charge in [-0.1, -0.05) is 17.7 Å². The molecule has 0 aliphatic rings. The van der Waals surface area contributed by atoms with Crippen molar-refractivity contribution >= 4 is 44.3 Å². The van der Waals surface area contributed by atoms with Crippen molar-refractivity contribution in [1.29, 1.82) is 0 Å². The average Bonchev–Trinajstić information content (AvgIpc) is 2.83. The predicted molar refractivity (Wildman–Crippen MR) is 90.9 cm³/mol. The number of fused-ring (bicyclic) bond motifs is 1. The van der Waals surface area contributed by atoms with E-state index in [0.29, 0.717) is 27.4 Å². The van der Waals surface area contributed by atoms with Crippen molar-refractivity contribution in [2.45, 2.75) is 6.54 Å². The molecule has 23 heavy (non-hydrogen) atoms. The Morgan fingerprint density at radius 2 is 2.17 bits per heavy atom. The number of benzene rings is 1. The van der Waals surface area contributed by atoms with Gasteiger partial charge in [-0.25, -0.2) is 4.98 Å². The predicted octanol–water partition coefficient (Wildman–Crippen LogP) is 3.00. The molecule has 0 saturated carbocycles. The molecular weight excluding hydrogens is 384 g/mol. The van der Waals surface area contributed by atoms with Crippen LogP contribution in [0.5, 0.6) is 5.88 Å². The summed E-state index contributed by atoms with van der Waals surface area (Å²) in [6, 6.07) is 8.92. The summed E-state index contributed by atoms with van der Waals surface area (Å²) in [4.78, 5) is 16.1. The molecule has 2 heterocycles. The number of nitrogens with two attached hydrogens (primary N) is 1. The number of nitrogens with zero attached hydrogens (tertiary/aromatic N) is 3. The molecule has 0 unspecified atom stereocenters. The minimum Gasteiger partial charge on any atom is -0.481 e. The van der Waals surface area contributed by atoms with Gasteiger partial charge >= 0.3 is 0 Å². The van der Waals surface area contributed by atoms with Crippen molar-refractivity contribution in [2.24, 2.45) is 5.73 Å². The van der Waals surface area contributed by atoms with E-state index < -0.39 is 5.91 Å². The largest absolute Gasteiger partial charge is 0.481 e. The third-order valence-corrected chi connectivity index (χ3v) is 4.24. The molecule has 0 bridgehead atoms. The number of hydrogen-bond acceptors (Lipinski definition) is 4. The van der Waals surface area contributed by atoms with Crippen LogP contribution in [0.25, 0.3) is 10.9 Å². The fraction of sp³-hybridized carbons (Fsp3) is 0.133. The molecule has 3 aromatic rings. The smallest absolute Gasteiger partial charge is 0.251 e. The second-order valence-electron chi connectivity index (χ2n) is 4.80. The van der Waals surface area contributed by atoms with Crippen LogP contribution >= 0.6 is 27.5 Å². The zero-order valence-electron chi connectivity index (χ0n) is 12.1. The zero-order chi connectivity index (χ0) is 16.6. The van der Waals surface area contributed by atoms with Crippen LogP contribution in [0.3, 0.4) is 0 Å². The van der Waals surface area contributed by atoms with Crippen LogP contribution in [0.4, 0.5) is 0 Å². The van der Waals surface area contributed by atoms with Gasteiger partial charge in [0.15, 0.2) is 0 Å². The monoisotopic (exact) mass is 394 g/mol. The maximum atomic E-state index is 11.7. The summed E-state index contributed by atoms with van der Waals surface area (Å²) in [7, 11) is 1.56. The Hall–Kier alpha value is -2.12. The summed E-state index contributed by atoms with van der Waals surface area (Å²) in [5.74, 6) is -0.0701. The molecule has 8 heteroatoms. The molecule has 0 saturated heterocycles. The second-order valence-corrected chi connectivity index (χ2v) is 5.96. The highest BCUT2D eigenvalue weighted by Gasteiger charge is 2.19. The number of rotatable bonds is 4. The summed E-state index contributed by atoms with van der Waals surface area (Å²) in [6.45, 7) is 0.416. The van der Waals surface area contributed by atoms with Gasteiger partial charge in [0, 0.05) is 11.5 Å². The molecule has 3 rings (SSSR count). The molecular formula is C15H12BrClN4O2. The minimum atomic E-state index is -0.597. The number of ether oxygens (including phenoxy) is 1. The fourth-order valence-electron chi connectivity index (χ4n) is 2.37. The van der Waals surface area contributed by atoms with Gasteiger partial charge in [-0.05, 0) is 34.1 Å². The number of methoxy groups -OCH3 is 1. The molecule has 2 aromatic heterocycles. The number of aromatic nitrogens is 3. The summed E-state index contributed by atoms with van der Waals surface area (Å²) >= 11 is 9.46. The third-order valence-electron chi connectivity index (χ3n) is 3.37. The van der Waals surface area contributed by atoms with Crippen molar-refractivity contribution in [3.63, 3.8) is 0 Å². The van der Waals surface area contributed by atoms with Crippen molar-refractivity contribution in [3.05, 3.63) is 51.2 Å². The number of primary amides is 1. The number of carbonyl (C=O) groups is 1. The molecule has 0 spiro atoms. The number of hydrogen-bond donors (Lipinski definition) is 1. The van der Waals surface area contributed by atoms with Gasteiger partial charge in [0.05, 0.1) is 35.5 Å². The quantitative estimate of drug-likeness (QED) is 0.736. The molecule has 1 aromatic carbocycles. The molecule has 6 nitrogen and oxygen atoms in total. The van der Waals surface area contributed by atoms with Crippen LogP contribution in [0.2, 0.25) is 5.02 Å². The number of amides is 1.